The van der Waals surface area contributed by atoms with Crippen LogP contribution >= 0.6 is 0 Å². The number of halogens is 3. The lowest BCUT2D eigenvalue weighted by Crippen LogP contribution is -2.46. The van der Waals surface area contributed by atoms with E-state index in [2.05, 4.69) is 15.1 Å². The molecule has 0 radical (unpaired) electrons. The first-order valence-electron chi connectivity index (χ1n) is 12.9. The molecule has 214 valence electrons. The SMILES string of the molecule is CCS(=O)(=O)c1ccc([C@H](CO)C(=O)Nc2ccc(N3CCN(C)C(c4ccc(C(F)(F)F)cc4)C3)cc2)cc1. The summed E-state index contributed by atoms with van der Waals surface area (Å²) < 4.78 is 63.0. The van der Waals surface area contributed by atoms with Gasteiger partial charge in [0.15, 0.2) is 9.84 Å². The molecule has 1 amide bonds. The van der Waals surface area contributed by atoms with E-state index >= 15 is 0 Å². The summed E-state index contributed by atoms with van der Waals surface area (Å²) in [6.07, 6.45) is -4.38. The molecule has 0 bridgehead atoms. The minimum atomic E-state index is -4.38. The first kappa shape index (κ1) is 29.6. The molecule has 1 saturated heterocycles. The van der Waals surface area contributed by atoms with Crippen LogP contribution in [-0.2, 0) is 20.8 Å². The number of aliphatic hydroxyl groups is 1. The van der Waals surface area contributed by atoms with Crippen molar-refractivity contribution >= 4 is 27.1 Å². The van der Waals surface area contributed by atoms with E-state index in [1.54, 1.807) is 19.1 Å². The summed E-state index contributed by atoms with van der Waals surface area (Å²) in [5.41, 5.74) is 2.08. The Hall–Kier alpha value is -3.41. The lowest BCUT2D eigenvalue weighted by atomic mass is 9.99. The van der Waals surface area contributed by atoms with E-state index in [9.17, 15) is 31.5 Å². The average molecular weight is 576 g/mol. The number of piperazine rings is 1. The van der Waals surface area contributed by atoms with Gasteiger partial charge in [-0.05, 0) is 66.7 Å². The van der Waals surface area contributed by atoms with E-state index < -0.39 is 40.0 Å². The number of hydrogen-bond donors (Lipinski definition) is 2. The van der Waals surface area contributed by atoms with E-state index in [4.69, 9.17) is 0 Å². The Kier molecular flexibility index (Phi) is 8.86. The number of aliphatic hydroxyl groups excluding tert-OH is 1. The Morgan fingerprint density at radius 1 is 1.00 bits per heavy atom. The summed E-state index contributed by atoms with van der Waals surface area (Å²) in [5, 5.41) is 12.7. The quantitative estimate of drug-likeness (QED) is 0.405. The van der Waals surface area contributed by atoms with Crippen molar-refractivity contribution in [3.63, 3.8) is 0 Å². The molecular formula is C29H32F3N3O4S. The van der Waals surface area contributed by atoms with E-state index in [-0.39, 0.29) is 16.7 Å². The van der Waals surface area contributed by atoms with Crippen molar-refractivity contribution in [3.05, 3.63) is 89.5 Å². The van der Waals surface area contributed by atoms with Crippen molar-refractivity contribution in [3.8, 4) is 0 Å². The summed E-state index contributed by atoms with van der Waals surface area (Å²) in [4.78, 5) is 17.3. The van der Waals surface area contributed by atoms with Crippen molar-refractivity contribution in [2.24, 2.45) is 0 Å². The van der Waals surface area contributed by atoms with E-state index in [1.165, 1.54) is 36.4 Å². The number of benzene rings is 3. The van der Waals surface area contributed by atoms with Gasteiger partial charge in [0, 0.05) is 31.0 Å². The largest absolute Gasteiger partial charge is 0.416 e. The smallest absolute Gasteiger partial charge is 0.395 e. The van der Waals surface area contributed by atoms with Crippen molar-refractivity contribution in [2.45, 2.75) is 30.0 Å². The molecule has 7 nitrogen and oxygen atoms in total. The number of amides is 1. The molecule has 3 aromatic carbocycles. The highest BCUT2D eigenvalue weighted by Crippen LogP contribution is 2.33. The van der Waals surface area contributed by atoms with E-state index in [1.807, 2.05) is 19.2 Å². The maximum atomic E-state index is 13.0. The monoisotopic (exact) mass is 575 g/mol. The Morgan fingerprint density at radius 2 is 1.62 bits per heavy atom. The fraction of sp³-hybridized carbons (Fsp3) is 0.345. The molecule has 2 N–H and O–H groups in total. The van der Waals surface area contributed by atoms with Gasteiger partial charge in [-0.15, -0.1) is 0 Å². The number of carbonyl (C=O) groups is 1. The van der Waals surface area contributed by atoms with Crippen molar-refractivity contribution in [1.29, 1.82) is 0 Å². The number of alkyl halides is 3. The molecule has 1 aliphatic heterocycles. The van der Waals surface area contributed by atoms with Crippen molar-refractivity contribution in [1.82, 2.24) is 4.90 Å². The van der Waals surface area contributed by atoms with Crippen LogP contribution in [0.15, 0.2) is 77.7 Å². The molecule has 0 saturated carbocycles. The fourth-order valence-electron chi connectivity index (χ4n) is 4.76. The fourth-order valence-corrected chi connectivity index (χ4v) is 5.65. The van der Waals surface area contributed by atoms with Crippen LogP contribution in [0.5, 0.6) is 0 Å². The molecule has 1 unspecified atom stereocenters. The molecular weight excluding hydrogens is 543 g/mol. The molecule has 4 rings (SSSR count). The first-order chi connectivity index (χ1) is 18.9. The number of carbonyl (C=O) groups excluding carboxylic acids is 1. The average Bonchev–Trinajstić information content (AvgIpc) is 2.94. The van der Waals surface area contributed by atoms with Gasteiger partial charge in [0.05, 0.1) is 34.8 Å². The van der Waals surface area contributed by atoms with Gasteiger partial charge in [0.25, 0.3) is 0 Å². The first-order valence-corrected chi connectivity index (χ1v) is 14.5. The normalized spacial score (nSPS) is 17.4. The Morgan fingerprint density at radius 3 is 2.17 bits per heavy atom. The topological polar surface area (TPSA) is 89.9 Å². The molecule has 0 aromatic heterocycles. The molecule has 2 atom stereocenters. The van der Waals surface area contributed by atoms with E-state index in [0.717, 1.165) is 36.5 Å². The van der Waals surface area contributed by atoms with Crippen LogP contribution in [0.1, 0.15) is 35.6 Å². The molecule has 1 aliphatic rings. The molecule has 0 aliphatic carbocycles. The standard InChI is InChI=1S/C29H32F3N3O4S/c1-3-40(38,39)25-14-6-20(7-15-25)26(19-36)28(37)33-23-10-12-24(13-11-23)35-17-16-34(2)27(18-35)21-4-8-22(9-5-21)29(30,31)32/h4-15,26-27,36H,3,16-19H2,1-2H3,(H,33,37)/t26-,27?/m0/s1. The number of likely N-dealkylation sites (N-methyl/N-ethyl adjacent to an activating group) is 1. The van der Waals surface area contributed by atoms with Crippen molar-refractivity contribution < 1.29 is 31.5 Å². The highest BCUT2D eigenvalue weighted by Gasteiger charge is 2.31. The Bertz CT molecular complexity index is 1410. The van der Waals surface area contributed by atoms with Gasteiger partial charge in [0.1, 0.15) is 0 Å². The van der Waals surface area contributed by atoms with Gasteiger partial charge < -0.3 is 15.3 Å². The van der Waals surface area contributed by atoms with Crippen LogP contribution in [0.2, 0.25) is 0 Å². The van der Waals surface area contributed by atoms with Crippen LogP contribution in [0.4, 0.5) is 24.5 Å². The second-order valence-electron chi connectivity index (χ2n) is 9.81. The minimum Gasteiger partial charge on any atom is -0.395 e. The zero-order chi connectivity index (χ0) is 29.1. The Labute approximate surface area is 232 Å². The molecule has 40 heavy (non-hydrogen) atoms. The highest BCUT2D eigenvalue weighted by atomic mass is 32.2. The summed E-state index contributed by atoms with van der Waals surface area (Å²) in [6.45, 7) is 3.15. The second-order valence-corrected chi connectivity index (χ2v) is 12.1. The minimum absolute atomic E-state index is 0.0316. The predicted molar refractivity (Wildman–Crippen MR) is 148 cm³/mol. The highest BCUT2D eigenvalue weighted by molar-refractivity contribution is 7.91. The third-order valence-corrected chi connectivity index (χ3v) is 9.04. The molecule has 3 aromatic rings. The summed E-state index contributed by atoms with van der Waals surface area (Å²) in [5.74, 6) is -1.33. The van der Waals surface area contributed by atoms with Gasteiger partial charge in [-0.1, -0.05) is 31.2 Å². The van der Waals surface area contributed by atoms with E-state index in [0.29, 0.717) is 17.8 Å². The van der Waals surface area contributed by atoms with Crippen LogP contribution in [0.3, 0.4) is 0 Å². The van der Waals surface area contributed by atoms with Crippen LogP contribution in [0, 0.1) is 0 Å². The van der Waals surface area contributed by atoms with Gasteiger partial charge in [-0.3, -0.25) is 9.69 Å². The zero-order valence-electron chi connectivity index (χ0n) is 22.2. The summed E-state index contributed by atoms with van der Waals surface area (Å²) >= 11 is 0. The van der Waals surface area contributed by atoms with Gasteiger partial charge >= 0.3 is 6.18 Å². The summed E-state index contributed by atoms with van der Waals surface area (Å²) in [6, 6.07) is 18.4. The number of rotatable bonds is 8. The third kappa shape index (κ3) is 6.65. The number of sulfone groups is 1. The maximum Gasteiger partial charge on any atom is 0.416 e. The second kappa shape index (κ2) is 12.0. The van der Waals surface area contributed by atoms with Gasteiger partial charge in [0.2, 0.25) is 5.91 Å². The van der Waals surface area contributed by atoms with Crippen LogP contribution in [-0.4, -0.2) is 63.4 Å². The summed E-state index contributed by atoms with van der Waals surface area (Å²) in [7, 11) is -1.42. The molecule has 11 heteroatoms. The number of hydrogen-bond acceptors (Lipinski definition) is 6. The Balaban J connectivity index is 1.42. The predicted octanol–water partition coefficient (Wildman–Crippen LogP) is 4.71. The maximum absolute atomic E-state index is 13.0. The zero-order valence-corrected chi connectivity index (χ0v) is 23.0. The molecule has 1 heterocycles. The number of anilines is 2. The molecule has 0 spiro atoms. The van der Waals surface area contributed by atoms with Crippen LogP contribution in [0.25, 0.3) is 0 Å². The van der Waals surface area contributed by atoms with Gasteiger partial charge in [-0.2, -0.15) is 13.2 Å². The number of nitrogens with zero attached hydrogens (tertiary/aromatic N) is 2. The van der Waals surface area contributed by atoms with Gasteiger partial charge in [-0.25, -0.2) is 8.42 Å². The molecule has 1 fully saturated rings. The lowest BCUT2D eigenvalue weighted by Gasteiger charge is -2.41. The van der Waals surface area contributed by atoms with Crippen LogP contribution < -0.4 is 10.2 Å². The number of nitrogens with one attached hydrogen (secondary N) is 1. The lowest BCUT2D eigenvalue weighted by molar-refractivity contribution is -0.137. The van der Waals surface area contributed by atoms with Crippen molar-refractivity contribution in [2.75, 3.05) is 49.3 Å². The third-order valence-electron chi connectivity index (χ3n) is 7.29.